The maximum absolute atomic E-state index is 11.8. The first-order valence-corrected chi connectivity index (χ1v) is 6.50. The van der Waals surface area contributed by atoms with Crippen molar-refractivity contribution in [2.45, 2.75) is 6.42 Å². The fourth-order valence-electron chi connectivity index (χ4n) is 1.76. The molecule has 1 heterocycles. The van der Waals surface area contributed by atoms with Crippen LogP contribution in [0.2, 0.25) is 0 Å². The van der Waals surface area contributed by atoms with Crippen LogP contribution in [0.25, 0.3) is 0 Å². The third kappa shape index (κ3) is 4.10. The van der Waals surface area contributed by atoms with Crippen molar-refractivity contribution >= 4 is 17.3 Å². The molecule has 0 aliphatic heterocycles. The number of rotatable bonds is 5. The molecule has 0 bridgehead atoms. The summed E-state index contributed by atoms with van der Waals surface area (Å²) < 4.78 is 6.85. The van der Waals surface area contributed by atoms with Crippen molar-refractivity contribution in [3.63, 3.8) is 0 Å². The number of aryl methyl sites for hydroxylation is 1. The number of benzene rings is 1. The van der Waals surface area contributed by atoms with E-state index in [0.29, 0.717) is 17.1 Å². The molecule has 0 aliphatic rings. The highest BCUT2D eigenvalue weighted by atomic mass is 16.5. The fraction of sp³-hybridized carbons (Fsp3) is 0.200. The lowest BCUT2D eigenvalue weighted by Crippen LogP contribution is -2.19. The number of carbonyl (C=O) groups is 1. The van der Waals surface area contributed by atoms with Crippen LogP contribution in [-0.4, -0.2) is 17.1 Å². The first-order valence-electron chi connectivity index (χ1n) is 6.50. The molecule has 0 radical (unpaired) electrons. The highest BCUT2D eigenvalue weighted by molar-refractivity contribution is 5.90. The number of amides is 1. The van der Waals surface area contributed by atoms with Gasteiger partial charge in [-0.05, 0) is 18.2 Å². The molecule has 6 heteroatoms. The van der Waals surface area contributed by atoms with Gasteiger partial charge in [0.05, 0.1) is 24.4 Å². The molecule has 0 spiro atoms. The molecule has 0 saturated carbocycles. The molecule has 0 saturated heterocycles. The van der Waals surface area contributed by atoms with Gasteiger partial charge in [0.1, 0.15) is 5.75 Å². The molecule has 3 N–H and O–H groups in total. The van der Waals surface area contributed by atoms with Crippen molar-refractivity contribution in [1.82, 2.24) is 4.57 Å². The van der Waals surface area contributed by atoms with E-state index in [1.54, 1.807) is 31.4 Å². The molecule has 0 fully saturated rings. The summed E-state index contributed by atoms with van der Waals surface area (Å²) in [6.07, 6.45) is 1.76. The Kier molecular flexibility index (Phi) is 4.61. The molecular formula is C15H17N3O3. The van der Waals surface area contributed by atoms with Crippen LogP contribution in [0.15, 0.2) is 47.4 Å². The number of para-hydroxylation sites is 2. The van der Waals surface area contributed by atoms with E-state index in [1.165, 1.54) is 10.6 Å². The van der Waals surface area contributed by atoms with Crippen molar-refractivity contribution < 1.29 is 9.53 Å². The maximum Gasteiger partial charge on any atom is 0.250 e. The lowest BCUT2D eigenvalue weighted by molar-refractivity contribution is -0.116. The summed E-state index contributed by atoms with van der Waals surface area (Å²) in [5.41, 5.74) is 6.71. The number of nitrogens with two attached hydrogens (primary N) is 1. The summed E-state index contributed by atoms with van der Waals surface area (Å²) in [4.78, 5) is 23.0. The Balaban J connectivity index is 1.84. The molecule has 0 unspecified atom stereocenters. The van der Waals surface area contributed by atoms with Gasteiger partial charge >= 0.3 is 0 Å². The SMILES string of the molecule is Cn1cc(NC(=O)CCOc2ccccc2N)ccc1=O. The number of nitrogens with one attached hydrogen (secondary N) is 1. The Hall–Kier alpha value is -2.76. The molecule has 2 aromatic rings. The highest BCUT2D eigenvalue weighted by Crippen LogP contribution is 2.19. The van der Waals surface area contributed by atoms with Gasteiger partial charge in [-0.15, -0.1) is 0 Å². The van der Waals surface area contributed by atoms with Gasteiger partial charge in [0.15, 0.2) is 0 Å². The summed E-state index contributed by atoms with van der Waals surface area (Å²) in [7, 11) is 1.62. The molecule has 21 heavy (non-hydrogen) atoms. The standard InChI is InChI=1S/C15H17N3O3/c1-18-10-11(6-7-15(18)20)17-14(19)8-9-21-13-5-3-2-4-12(13)16/h2-7,10H,8-9,16H2,1H3,(H,17,19). The van der Waals surface area contributed by atoms with Crippen LogP contribution in [0.4, 0.5) is 11.4 Å². The van der Waals surface area contributed by atoms with Crippen LogP contribution in [-0.2, 0) is 11.8 Å². The van der Waals surface area contributed by atoms with Crippen molar-refractivity contribution in [3.05, 3.63) is 52.9 Å². The second-order valence-corrected chi connectivity index (χ2v) is 4.55. The third-order valence-electron chi connectivity index (χ3n) is 2.88. The fourth-order valence-corrected chi connectivity index (χ4v) is 1.76. The normalized spacial score (nSPS) is 10.1. The van der Waals surface area contributed by atoms with Gasteiger partial charge in [0.2, 0.25) is 11.5 Å². The van der Waals surface area contributed by atoms with E-state index in [4.69, 9.17) is 10.5 Å². The number of hydrogen-bond donors (Lipinski definition) is 2. The molecule has 2 rings (SSSR count). The number of anilines is 2. The minimum atomic E-state index is -0.192. The summed E-state index contributed by atoms with van der Waals surface area (Å²) in [6, 6.07) is 10.1. The molecule has 6 nitrogen and oxygen atoms in total. The number of ether oxygens (including phenoxy) is 1. The van der Waals surface area contributed by atoms with E-state index in [-0.39, 0.29) is 24.5 Å². The smallest absolute Gasteiger partial charge is 0.250 e. The Morgan fingerprint density at radius 1 is 1.29 bits per heavy atom. The Bertz CT molecular complexity index is 695. The number of nitrogens with zero attached hydrogens (tertiary/aromatic N) is 1. The number of carbonyl (C=O) groups excluding carboxylic acids is 1. The van der Waals surface area contributed by atoms with E-state index >= 15 is 0 Å². The van der Waals surface area contributed by atoms with Crippen LogP contribution in [0.3, 0.4) is 0 Å². The third-order valence-corrected chi connectivity index (χ3v) is 2.88. The monoisotopic (exact) mass is 287 g/mol. The van der Waals surface area contributed by atoms with Gasteiger partial charge in [-0.1, -0.05) is 12.1 Å². The summed E-state index contributed by atoms with van der Waals surface area (Å²) >= 11 is 0. The van der Waals surface area contributed by atoms with E-state index < -0.39 is 0 Å². The van der Waals surface area contributed by atoms with Crippen LogP contribution in [0.1, 0.15) is 6.42 Å². The molecule has 1 aromatic carbocycles. The quantitative estimate of drug-likeness (QED) is 0.813. The molecule has 110 valence electrons. The van der Waals surface area contributed by atoms with Gasteiger partial charge in [0.25, 0.3) is 0 Å². The van der Waals surface area contributed by atoms with Crippen LogP contribution in [0.5, 0.6) is 5.75 Å². The van der Waals surface area contributed by atoms with E-state index in [9.17, 15) is 9.59 Å². The first kappa shape index (κ1) is 14.6. The van der Waals surface area contributed by atoms with Crippen LogP contribution >= 0.6 is 0 Å². The maximum atomic E-state index is 11.8. The average molecular weight is 287 g/mol. The Morgan fingerprint density at radius 2 is 2.05 bits per heavy atom. The van der Waals surface area contributed by atoms with Crippen LogP contribution in [0, 0.1) is 0 Å². The van der Waals surface area contributed by atoms with Gasteiger partial charge in [-0.25, -0.2) is 0 Å². The second kappa shape index (κ2) is 6.60. The minimum Gasteiger partial charge on any atom is -0.491 e. The van der Waals surface area contributed by atoms with E-state index in [0.717, 1.165) is 0 Å². The van der Waals surface area contributed by atoms with Gasteiger partial charge in [0, 0.05) is 19.3 Å². The average Bonchev–Trinajstić information content (AvgIpc) is 2.45. The molecule has 0 aliphatic carbocycles. The summed E-state index contributed by atoms with van der Waals surface area (Å²) in [5.74, 6) is 0.371. The zero-order chi connectivity index (χ0) is 15.2. The highest BCUT2D eigenvalue weighted by Gasteiger charge is 2.05. The molecular weight excluding hydrogens is 270 g/mol. The number of hydrogen-bond acceptors (Lipinski definition) is 4. The molecule has 1 amide bonds. The molecule has 1 aromatic heterocycles. The first-order chi connectivity index (χ1) is 10.1. The number of aromatic nitrogens is 1. The molecule has 0 atom stereocenters. The van der Waals surface area contributed by atoms with Gasteiger partial charge < -0.3 is 20.4 Å². The van der Waals surface area contributed by atoms with Crippen molar-refractivity contribution in [2.24, 2.45) is 7.05 Å². The predicted molar refractivity (Wildman–Crippen MR) is 81.3 cm³/mol. The lowest BCUT2D eigenvalue weighted by Gasteiger charge is -2.09. The lowest BCUT2D eigenvalue weighted by atomic mass is 10.3. The minimum absolute atomic E-state index is 0.129. The van der Waals surface area contributed by atoms with Crippen molar-refractivity contribution in [1.29, 1.82) is 0 Å². The summed E-state index contributed by atoms with van der Waals surface area (Å²) in [6.45, 7) is 0.228. The van der Waals surface area contributed by atoms with Gasteiger partial charge in [-0.2, -0.15) is 0 Å². The topological polar surface area (TPSA) is 86.3 Å². The zero-order valence-electron chi connectivity index (χ0n) is 11.7. The second-order valence-electron chi connectivity index (χ2n) is 4.55. The number of pyridine rings is 1. The largest absolute Gasteiger partial charge is 0.491 e. The Labute approximate surface area is 122 Å². The summed E-state index contributed by atoms with van der Waals surface area (Å²) in [5, 5.41) is 2.70. The Morgan fingerprint density at radius 3 is 2.76 bits per heavy atom. The predicted octanol–water partition coefficient (Wildman–Crippen LogP) is 1.38. The van der Waals surface area contributed by atoms with Crippen molar-refractivity contribution in [2.75, 3.05) is 17.7 Å². The van der Waals surface area contributed by atoms with E-state index in [2.05, 4.69) is 5.32 Å². The van der Waals surface area contributed by atoms with Crippen molar-refractivity contribution in [3.8, 4) is 5.75 Å². The van der Waals surface area contributed by atoms with Gasteiger partial charge in [-0.3, -0.25) is 9.59 Å². The van der Waals surface area contributed by atoms with E-state index in [1.807, 2.05) is 12.1 Å². The van der Waals surface area contributed by atoms with Crippen LogP contribution < -0.4 is 21.3 Å². The number of nitrogen functional groups attached to an aromatic ring is 1. The zero-order valence-corrected chi connectivity index (χ0v) is 11.7.